The summed E-state index contributed by atoms with van der Waals surface area (Å²) >= 11 is 0. The van der Waals surface area contributed by atoms with Crippen LogP contribution in [0.1, 0.15) is 87.3 Å². The first kappa shape index (κ1) is 25.6. The van der Waals surface area contributed by atoms with Crippen LogP contribution in [0.5, 0.6) is 5.75 Å². The second-order valence-corrected chi connectivity index (χ2v) is 10.4. The number of hydrogen-bond donors (Lipinski definition) is 0. The third kappa shape index (κ3) is 6.39. The van der Waals surface area contributed by atoms with Gasteiger partial charge in [0.05, 0.1) is 6.61 Å². The molecule has 1 nitrogen and oxygen atoms in total. The van der Waals surface area contributed by atoms with Crippen LogP contribution < -0.4 is 4.74 Å². The fourth-order valence-electron chi connectivity index (χ4n) is 5.52. The Hall–Kier alpha value is -2.49. The lowest BCUT2D eigenvalue weighted by atomic mass is 9.77. The number of halogens is 3. The zero-order chi connectivity index (χ0) is 24.8. The Labute approximate surface area is 208 Å². The van der Waals surface area contributed by atoms with Crippen molar-refractivity contribution in [3.8, 4) is 5.75 Å². The molecule has 0 spiro atoms. The Bertz CT molecular complexity index is 1050. The molecule has 2 aromatic carbocycles. The maximum absolute atomic E-state index is 14.8. The van der Waals surface area contributed by atoms with Crippen molar-refractivity contribution in [3.05, 3.63) is 83.2 Å². The van der Waals surface area contributed by atoms with Gasteiger partial charge in [-0.25, -0.2) is 13.2 Å². The van der Waals surface area contributed by atoms with E-state index in [0.717, 1.165) is 62.5 Å². The minimum absolute atomic E-state index is 0.291. The molecule has 2 aromatic rings. The molecule has 0 aliphatic heterocycles. The number of ether oxygens (including phenoxy) is 1. The fourth-order valence-corrected chi connectivity index (χ4v) is 5.52. The molecule has 1 atom stereocenters. The first-order valence-electron chi connectivity index (χ1n) is 13.2. The highest BCUT2D eigenvalue weighted by Gasteiger charge is 2.24. The molecule has 0 bridgehead atoms. The van der Waals surface area contributed by atoms with Gasteiger partial charge in [-0.15, -0.1) is 6.58 Å². The van der Waals surface area contributed by atoms with E-state index >= 15 is 0 Å². The SMILES string of the molecule is C=CCCOc1ccc(C2CCC(CCc3ccc(C4=CCC(C)CC4)c(F)c3F)CC2)cc1F. The first-order valence-corrected chi connectivity index (χ1v) is 13.2. The van der Waals surface area contributed by atoms with Crippen LogP contribution in [-0.4, -0.2) is 6.61 Å². The first-order chi connectivity index (χ1) is 17.0. The van der Waals surface area contributed by atoms with Gasteiger partial charge in [0.1, 0.15) is 0 Å². The molecule has 1 saturated carbocycles. The molecule has 0 heterocycles. The third-order valence-corrected chi connectivity index (χ3v) is 7.86. The zero-order valence-corrected chi connectivity index (χ0v) is 20.8. The summed E-state index contributed by atoms with van der Waals surface area (Å²) in [6.07, 6.45) is 12.7. The summed E-state index contributed by atoms with van der Waals surface area (Å²) in [7, 11) is 0. The molecule has 0 radical (unpaired) electrons. The van der Waals surface area contributed by atoms with Crippen LogP contribution in [0, 0.1) is 29.3 Å². The monoisotopic (exact) mass is 482 g/mol. The lowest BCUT2D eigenvalue weighted by Gasteiger charge is -2.29. The zero-order valence-electron chi connectivity index (χ0n) is 20.8. The normalized spacial score (nSPS) is 22.5. The van der Waals surface area contributed by atoms with Crippen LogP contribution in [0.3, 0.4) is 0 Å². The van der Waals surface area contributed by atoms with Gasteiger partial charge in [0.2, 0.25) is 0 Å². The molecule has 0 aromatic heterocycles. The standard InChI is InChI=1S/C31H37F3O/c1-3-4-19-35-29-18-16-26(20-28(29)32)23-12-7-22(8-13-23)9-14-25-15-17-27(31(34)30(25)33)24-10-5-21(2)6-11-24/h3,10,15-18,20-23H,1,4-9,11-14,19H2,2H3. The van der Waals surface area contributed by atoms with Crippen molar-refractivity contribution in [3.63, 3.8) is 0 Å². The number of allylic oxidation sites excluding steroid dienone is 2. The van der Waals surface area contributed by atoms with E-state index in [1.807, 2.05) is 6.07 Å². The second-order valence-electron chi connectivity index (χ2n) is 10.4. The van der Waals surface area contributed by atoms with Gasteiger partial charge in [-0.2, -0.15) is 0 Å². The summed E-state index contributed by atoms with van der Waals surface area (Å²) in [6, 6.07) is 8.85. The number of benzene rings is 2. The minimum Gasteiger partial charge on any atom is -0.490 e. The molecule has 2 aliphatic rings. The second kappa shape index (κ2) is 12.0. The largest absolute Gasteiger partial charge is 0.490 e. The van der Waals surface area contributed by atoms with Crippen LogP contribution >= 0.6 is 0 Å². The molecule has 0 N–H and O–H groups in total. The number of aryl methyl sites for hydroxylation is 1. The van der Waals surface area contributed by atoms with E-state index in [1.54, 1.807) is 30.3 Å². The van der Waals surface area contributed by atoms with Gasteiger partial charge in [0.25, 0.3) is 0 Å². The van der Waals surface area contributed by atoms with Crippen LogP contribution in [0.2, 0.25) is 0 Å². The van der Waals surface area contributed by atoms with Crippen LogP contribution in [-0.2, 0) is 6.42 Å². The van der Waals surface area contributed by atoms with Crippen molar-refractivity contribution >= 4 is 5.57 Å². The van der Waals surface area contributed by atoms with Crippen LogP contribution in [0.4, 0.5) is 13.2 Å². The smallest absolute Gasteiger partial charge is 0.166 e. The van der Waals surface area contributed by atoms with Gasteiger partial charge in [-0.1, -0.05) is 37.3 Å². The highest BCUT2D eigenvalue weighted by Crippen LogP contribution is 2.39. The lowest BCUT2D eigenvalue weighted by molar-refractivity contribution is 0.302. The molecule has 4 rings (SSSR count). The predicted octanol–water partition coefficient (Wildman–Crippen LogP) is 9.17. The lowest BCUT2D eigenvalue weighted by Crippen LogP contribution is -2.15. The van der Waals surface area contributed by atoms with Crippen molar-refractivity contribution in [2.24, 2.45) is 11.8 Å². The van der Waals surface area contributed by atoms with Gasteiger partial charge in [0.15, 0.2) is 23.2 Å². The van der Waals surface area contributed by atoms with Crippen molar-refractivity contribution in [1.82, 2.24) is 0 Å². The van der Waals surface area contributed by atoms with Crippen molar-refractivity contribution in [2.75, 3.05) is 6.61 Å². The van der Waals surface area contributed by atoms with Gasteiger partial charge in [-0.3, -0.25) is 0 Å². The van der Waals surface area contributed by atoms with Crippen molar-refractivity contribution in [1.29, 1.82) is 0 Å². The molecule has 35 heavy (non-hydrogen) atoms. The third-order valence-electron chi connectivity index (χ3n) is 7.86. The maximum atomic E-state index is 14.8. The molecular weight excluding hydrogens is 445 g/mol. The summed E-state index contributed by atoms with van der Waals surface area (Å²) in [6.45, 7) is 6.26. The highest BCUT2D eigenvalue weighted by molar-refractivity contribution is 5.67. The number of hydrogen-bond acceptors (Lipinski definition) is 1. The van der Waals surface area contributed by atoms with Gasteiger partial charge in [-0.05, 0) is 111 Å². The van der Waals surface area contributed by atoms with E-state index in [0.29, 0.717) is 54.1 Å². The summed E-state index contributed by atoms with van der Waals surface area (Å²) in [5, 5.41) is 0. The summed E-state index contributed by atoms with van der Waals surface area (Å²) < 4.78 is 49.6. The van der Waals surface area contributed by atoms with E-state index in [4.69, 9.17) is 4.74 Å². The Morgan fingerprint density at radius 3 is 2.49 bits per heavy atom. The van der Waals surface area contributed by atoms with E-state index in [9.17, 15) is 13.2 Å². The van der Waals surface area contributed by atoms with Crippen molar-refractivity contribution < 1.29 is 17.9 Å². The van der Waals surface area contributed by atoms with E-state index in [-0.39, 0.29) is 5.82 Å². The Morgan fingerprint density at radius 2 is 1.80 bits per heavy atom. The van der Waals surface area contributed by atoms with Crippen molar-refractivity contribution in [2.45, 2.75) is 77.0 Å². The van der Waals surface area contributed by atoms with Gasteiger partial charge in [0, 0.05) is 5.56 Å². The minimum atomic E-state index is -0.689. The van der Waals surface area contributed by atoms with Crippen LogP contribution in [0.15, 0.2) is 49.1 Å². The molecule has 0 amide bonds. The molecule has 2 aliphatic carbocycles. The summed E-state index contributed by atoms with van der Waals surface area (Å²) in [5.74, 6) is 0.0469. The summed E-state index contributed by atoms with van der Waals surface area (Å²) in [4.78, 5) is 0. The van der Waals surface area contributed by atoms with Crippen LogP contribution in [0.25, 0.3) is 5.57 Å². The molecule has 1 unspecified atom stereocenters. The quantitative estimate of drug-likeness (QED) is 0.256. The molecule has 4 heteroatoms. The molecular formula is C31H37F3O. The molecule has 0 saturated heterocycles. The average molecular weight is 483 g/mol. The van der Waals surface area contributed by atoms with E-state index in [2.05, 4.69) is 19.6 Å². The van der Waals surface area contributed by atoms with E-state index in [1.165, 1.54) is 0 Å². The Kier molecular flexibility index (Phi) is 8.75. The maximum Gasteiger partial charge on any atom is 0.166 e. The Balaban J connectivity index is 1.29. The van der Waals surface area contributed by atoms with E-state index < -0.39 is 11.6 Å². The number of rotatable bonds is 9. The van der Waals surface area contributed by atoms with Gasteiger partial charge >= 0.3 is 0 Å². The highest BCUT2D eigenvalue weighted by atomic mass is 19.2. The predicted molar refractivity (Wildman–Crippen MR) is 137 cm³/mol. The fraction of sp³-hybridized carbons (Fsp3) is 0.484. The average Bonchev–Trinajstić information content (AvgIpc) is 2.87. The van der Waals surface area contributed by atoms with Gasteiger partial charge < -0.3 is 4.74 Å². The molecule has 188 valence electrons. The Morgan fingerprint density at radius 1 is 1.00 bits per heavy atom. The molecule has 1 fully saturated rings. The summed E-state index contributed by atoms with van der Waals surface area (Å²) in [5.41, 5.74) is 2.87. The topological polar surface area (TPSA) is 9.23 Å².